The van der Waals surface area contributed by atoms with Crippen molar-refractivity contribution >= 4 is 29.2 Å². The van der Waals surface area contributed by atoms with E-state index >= 15 is 0 Å². The third-order valence-electron chi connectivity index (χ3n) is 4.84. The SMILES string of the molecule is CN=C(NCC1CCN(CCOC)CC1)N(C)Cc1ccc(Cl)c(Cl)c1. The fraction of sp³-hybridized carbons (Fsp3) is 0.632. The molecule has 1 aromatic carbocycles. The summed E-state index contributed by atoms with van der Waals surface area (Å²) in [5, 5.41) is 4.68. The minimum absolute atomic E-state index is 0.581. The summed E-state index contributed by atoms with van der Waals surface area (Å²) in [5.74, 6) is 1.59. The molecular weight excluding hydrogens is 371 g/mol. The zero-order valence-corrected chi connectivity index (χ0v) is 17.5. The Morgan fingerprint density at radius 1 is 1.31 bits per heavy atom. The Morgan fingerprint density at radius 2 is 2.04 bits per heavy atom. The number of rotatable bonds is 7. The predicted molar refractivity (Wildman–Crippen MR) is 110 cm³/mol. The van der Waals surface area contributed by atoms with Crippen LogP contribution < -0.4 is 5.32 Å². The summed E-state index contributed by atoms with van der Waals surface area (Å²) in [6, 6.07) is 5.73. The highest BCUT2D eigenvalue weighted by atomic mass is 35.5. The van der Waals surface area contributed by atoms with Crippen molar-refractivity contribution in [1.82, 2.24) is 15.1 Å². The van der Waals surface area contributed by atoms with Crippen LogP contribution in [0.3, 0.4) is 0 Å². The molecule has 1 heterocycles. The van der Waals surface area contributed by atoms with Crippen LogP contribution in [0.4, 0.5) is 0 Å². The lowest BCUT2D eigenvalue weighted by molar-refractivity contribution is 0.120. The van der Waals surface area contributed by atoms with E-state index in [0.717, 1.165) is 50.9 Å². The number of benzene rings is 1. The Labute approximate surface area is 167 Å². The first-order valence-electron chi connectivity index (χ1n) is 9.10. The molecule has 1 aliphatic rings. The molecule has 0 radical (unpaired) electrons. The molecule has 1 saturated heterocycles. The van der Waals surface area contributed by atoms with Crippen molar-refractivity contribution in [3.05, 3.63) is 33.8 Å². The molecule has 1 aromatic rings. The van der Waals surface area contributed by atoms with Crippen molar-refractivity contribution in [2.75, 3.05) is 54.0 Å². The number of aliphatic imine (C=N–C) groups is 1. The second-order valence-electron chi connectivity index (χ2n) is 6.81. The summed E-state index contributed by atoms with van der Waals surface area (Å²) in [7, 11) is 5.61. The average molecular weight is 401 g/mol. The first-order valence-corrected chi connectivity index (χ1v) is 9.86. The molecule has 0 amide bonds. The number of halogens is 2. The molecule has 0 aromatic heterocycles. The molecule has 1 fully saturated rings. The molecule has 26 heavy (non-hydrogen) atoms. The van der Waals surface area contributed by atoms with Crippen molar-refractivity contribution < 1.29 is 4.74 Å². The Hall–Kier alpha value is -1.01. The number of nitrogens with one attached hydrogen (secondary N) is 1. The van der Waals surface area contributed by atoms with Crippen LogP contribution >= 0.6 is 23.2 Å². The van der Waals surface area contributed by atoms with Crippen molar-refractivity contribution in [3.63, 3.8) is 0 Å². The third-order valence-corrected chi connectivity index (χ3v) is 5.58. The van der Waals surface area contributed by atoms with Gasteiger partial charge >= 0.3 is 0 Å². The predicted octanol–water partition coefficient (Wildman–Crippen LogP) is 3.36. The van der Waals surface area contributed by atoms with Gasteiger partial charge in [-0.25, -0.2) is 0 Å². The number of piperidine rings is 1. The highest BCUT2D eigenvalue weighted by molar-refractivity contribution is 6.42. The van der Waals surface area contributed by atoms with Gasteiger partial charge < -0.3 is 19.9 Å². The van der Waals surface area contributed by atoms with E-state index in [9.17, 15) is 0 Å². The van der Waals surface area contributed by atoms with Gasteiger partial charge in [0.05, 0.1) is 16.7 Å². The zero-order chi connectivity index (χ0) is 18.9. The van der Waals surface area contributed by atoms with Crippen LogP contribution in [0, 0.1) is 5.92 Å². The average Bonchev–Trinajstić information content (AvgIpc) is 2.64. The van der Waals surface area contributed by atoms with E-state index < -0.39 is 0 Å². The van der Waals surface area contributed by atoms with Gasteiger partial charge in [-0.15, -0.1) is 0 Å². The molecule has 0 atom stereocenters. The summed E-state index contributed by atoms with van der Waals surface area (Å²) < 4.78 is 5.16. The first-order chi connectivity index (χ1) is 12.5. The van der Waals surface area contributed by atoms with E-state index in [2.05, 4.69) is 20.1 Å². The number of ether oxygens (including phenoxy) is 1. The van der Waals surface area contributed by atoms with Crippen molar-refractivity contribution in [3.8, 4) is 0 Å². The molecule has 5 nitrogen and oxygen atoms in total. The zero-order valence-electron chi connectivity index (χ0n) is 16.0. The van der Waals surface area contributed by atoms with E-state index in [1.54, 1.807) is 7.11 Å². The number of nitrogens with zero attached hydrogens (tertiary/aromatic N) is 3. The maximum atomic E-state index is 6.11. The molecule has 1 aliphatic heterocycles. The lowest BCUT2D eigenvalue weighted by Gasteiger charge is -2.32. The monoisotopic (exact) mass is 400 g/mol. The topological polar surface area (TPSA) is 40.1 Å². The summed E-state index contributed by atoms with van der Waals surface area (Å²) in [5.41, 5.74) is 1.11. The van der Waals surface area contributed by atoms with Crippen LogP contribution in [0.1, 0.15) is 18.4 Å². The minimum atomic E-state index is 0.581. The van der Waals surface area contributed by atoms with Gasteiger partial charge in [0.1, 0.15) is 0 Å². The molecular formula is C19H30Cl2N4O. The lowest BCUT2D eigenvalue weighted by Crippen LogP contribution is -2.43. The number of hydrogen-bond donors (Lipinski definition) is 1. The van der Waals surface area contributed by atoms with Gasteiger partial charge in [-0.2, -0.15) is 0 Å². The lowest BCUT2D eigenvalue weighted by atomic mass is 9.97. The van der Waals surface area contributed by atoms with Crippen molar-refractivity contribution in [2.24, 2.45) is 10.9 Å². The normalized spacial score (nSPS) is 16.7. The quantitative estimate of drug-likeness (QED) is 0.562. The molecule has 0 bridgehead atoms. The molecule has 0 unspecified atom stereocenters. The van der Waals surface area contributed by atoms with Crippen LogP contribution in [0.5, 0.6) is 0 Å². The van der Waals surface area contributed by atoms with Gasteiger partial charge in [0.2, 0.25) is 0 Å². The Balaban J connectivity index is 1.77. The first kappa shape index (κ1) is 21.3. The third kappa shape index (κ3) is 6.62. The van der Waals surface area contributed by atoms with Crippen LogP contribution in [0.15, 0.2) is 23.2 Å². The Kier molecular flexibility index (Phi) is 8.99. The van der Waals surface area contributed by atoms with E-state index in [0.29, 0.717) is 16.0 Å². The van der Waals surface area contributed by atoms with Crippen molar-refractivity contribution in [1.29, 1.82) is 0 Å². The van der Waals surface area contributed by atoms with E-state index in [1.165, 1.54) is 12.8 Å². The van der Waals surface area contributed by atoms with Gasteiger partial charge in [0.25, 0.3) is 0 Å². The number of methoxy groups -OCH3 is 1. The summed E-state index contributed by atoms with van der Waals surface area (Å²) in [6.07, 6.45) is 2.43. The van der Waals surface area contributed by atoms with Crippen LogP contribution in [0.2, 0.25) is 10.0 Å². The van der Waals surface area contributed by atoms with Gasteiger partial charge in [-0.05, 0) is 49.5 Å². The maximum absolute atomic E-state index is 6.11. The van der Waals surface area contributed by atoms with E-state index in [-0.39, 0.29) is 0 Å². The Morgan fingerprint density at radius 3 is 2.65 bits per heavy atom. The van der Waals surface area contributed by atoms with Gasteiger partial charge in [0, 0.05) is 40.8 Å². The summed E-state index contributed by atoms with van der Waals surface area (Å²) in [4.78, 5) is 8.99. The second kappa shape index (κ2) is 11.0. The highest BCUT2D eigenvalue weighted by Gasteiger charge is 2.19. The number of guanidine groups is 1. The number of likely N-dealkylation sites (tertiary alicyclic amines) is 1. The van der Waals surface area contributed by atoms with Crippen LogP contribution in [-0.4, -0.2) is 69.8 Å². The number of hydrogen-bond acceptors (Lipinski definition) is 3. The second-order valence-corrected chi connectivity index (χ2v) is 7.62. The summed E-state index contributed by atoms with van der Waals surface area (Å²) in [6.45, 7) is 5.82. The van der Waals surface area contributed by atoms with Gasteiger partial charge in [0.15, 0.2) is 5.96 Å². The maximum Gasteiger partial charge on any atom is 0.193 e. The van der Waals surface area contributed by atoms with E-state index in [1.807, 2.05) is 32.3 Å². The van der Waals surface area contributed by atoms with E-state index in [4.69, 9.17) is 27.9 Å². The molecule has 0 aliphatic carbocycles. The summed E-state index contributed by atoms with van der Waals surface area (Å²) >= 11 is 12.1. The van der Waals surface area contributed by atoms with Crippen LogP contribution in [0.25, 0.3) is 0 Å². The van der Waals surface area contributed by atoms with Gasteiger partial charge in [-0.1, -0.05) is 29.3 Å². The molecule has 7 heteroatoms. The molecule has 1 N–H and O–H groups in total. The fourth-order valence-electron chi connectivity index (χ4n) is 3.24. The van der Waals surface area contributed by atoms with Gasteiger partial charge in [-0.3, -0.25) is 4.99 Å². The van der Waals surface area contributed by atoms with Crippen LogP contribution in [-0.2, 0) is 11.3 Å². The fourth-order valence-corrected chi connectivity index (χ4v) is 3.56. The standard InChI is InChI=1S/C19H30Cl2N4O/c1-22-19(24(2)14-16-4-5-17(20)18(21)12-16)23-13-15-6-8-25(9-7-15)10-11-26-3/h4-5,12,15H,6-11,13-14H2,1-3H3,(H,22,23). The smallest absolute Gasteiger partial charge is 0.193 e. The largest absolute Gasteiger partial charge is 0.383 e. The molecule has 2 rings (SSSR count). The van der Waals surface area contributed by atoms with Crippen molar-refractivity contribution in [2.45, 2.75) is 19.4 Å². The molecule has 0 saturated carbocycles. The molecule has 146 valence electrons. The molecule has 0 spiro atoms. The highest BCUT2D eigenvalue weighted by Crippen LogP contribution is 2.23. The minimum Gasteiger partial charge on any atom is -0.383 e. The Bertz CT molecular complexity index is 589.